The van der Waals surface area contributed by atoms with Crippen LogP contribution in [0.1, 0.15) is 36.8 Å². The van der Waals surface area contributed by atoms with Crippen molar-refractivity contribution in [2.75, 3.05) is 55.9 Å². The summed E-state index contributed by atoms with van der Waals surface area (Å²) in [6, 6.07) is 56.1. The predicted molar refractivity (Wildman–Crippen MR) is 280 cm³/mol. The normalized spacial score (nSPS) is 12.2. The number of hydrogen-bond donors (Lipinski definition) is 0. The van der Waals surface area contributed by atoms with E-state index in [-0.39, 0.29) is 4.90 Å². The van der Waals surface area contributed by atoms with Crippen molar-refractivity contribution in [2.24, 2.45) is 0 Å². The van der Waals surface area contributed by atoms with Crippen LogP contribution in [0.2, 0.25) is 0 Å². The molecule has 6 aromatic carbocycles. The van der Waals surface area contributed by atoms with E-state index >= 15 is 0 Å². The van der Waals surface area contributed by atoms with Crippen LogP contribution in [0, 0.1) is 13.8 Å². The van der Waals surface area contributed by atoms with Gasteiger partial charge in [0, 0.05) is 111 Å². The van der Waals surface area contributed by atoms with Crippen molar-refractivity contribution in [3.63, 3.8) is 0 Å². The fraction of sp³-hybridized carbons (Fsp3) is 0.246. The van der Waals surface area contributed by atoms with Gasteiger partial charge in [-0.3, -0.25) is 0 Å². The molecule has 6 aromatic rings. The van der Waals surface area contributed by atoms with Gasteiger partial charge in [0.1, 0.15) is 21.5 Å². The molecule has 8 nitrogen and oxygen atoms in total. The average Bonchev–Trinajstić information content (AvgIpc) is 3.35. The maximum absolute atomic E-state index is 12.9. The molecule has 1 aliphatic heterocycles. The molecular formula is C57H58N2O6S3. The molecule has 68 heavy (non-hydrogen) atoms. The van der Waals surface area contributed by atoms with Crippen molar-refractivity contribution in [3.8, 4) is 22.5 Å². The van der Waals surface area contributed by atoms with Gasteiger partial charge in [-0.25, -0.2) is 8.42 Å². The summed E-state index contributed by atoms with van der Waals surface area (Å²) in [6.07, 6.45) is 3.52. The second-order valence-corrected chi connectivity index (χ2v) is 20.3. The maximum Gasteiger partial charge on any atom is 0.209 e. The number of ether oxygens (including phenoxy) is 2. The number of thioether (sulfide) groups is 2. The van der Waals surface area contributed by atoms with Crippen LogP contribution in [0.4, 0.5) is 17.1 Å². The lowest BCUT2D eigenvalue weighted by Crippen LogP contribution is -2.28. The van der Waals surface area contributed by atoms with Crippen molar-refractivity contribution in [3.05, 3.63) is 186 Å². The predicted octanol–water partition coefficient (Wildman–Crippen LogP) is 13.1. The van der Waals surface area contributed by atoms with E-state index in [9.17, 15) is 13.0 Å². The molecule has 0 unspecified atom stereocenters. The molecule has 0 radical (unpaired) electrons. The Morgan fingerprint density at radius 1 is 0.603 bits per heavy atom. The zero-order chi connectivity index (χ0) is 47.1. The average molecular weight is 963 g/mol. The van der Waals surface area contributed by atoms with E-state index in [1.54, 1.807) is 18.2 Å². The molecule has 0 spiro atoms. The van der Waals surface area contributed by atoms with E-state index in [0.717, 1.165) is 70.7 Å². The molecule has 0 N–H and O–H groups in total. The minimum absolute atomic E-state index is 0.276. The highest BCUT2D eigenvalue weighted by Gasteiger charge is 2.24. The largest absolute Gasteiger partial charge is 0.744 e. The molecule has 350 valence electrons. The summed E-state index contributed by atoms with van der Waals surface area (Å²) in [7, 11) is -4.83. The Balaban J connectivity index is 1.12. The third-order valence-corrected chi connectivity index (χ3v) is 14.9. The standard InChI is InChI=1S/C57H58N2O6S3/c1-43-19-9-12-26-52(43)58(33-15-35-63-37-17-39-66-47-21-5-3-6-22-47)45-29-31-49-54(41-45)65-55-42-46(30-32-50(55)57(49)51-25-11-14-28-56(51)68(60,61)62)59(53-27-13-10-20-44(53)2)34-16-36-64-38-18-40-67-48-23-7-4-8-24-48/h3-14,19-32,41-42H,15-18,33-40H2,1-2H3. The van der Waals surface area contributed by atoms with E-state index < -0.39 is 10.1 Å². The zero-order valence-electron chi connectivity index (χ0n) is 38.7. The van der Waals surface area contributed by atoms with Crippen LogP contribution in [0.25, 0.3) is 33.4 Å². The van der Waals surface area contributed by atoms with Crippen LogP contribution in [0.15, 0.2) is 189 Å². The van der Waals surface area contributed by atoms with Crippen LogP contribution in [0.5, 0.6) is 0 Å². The molecule has 0 atom stereocenters. The van der Waals surface area contributed by atoms with Crippen LogP contribution < -0.4 is 14.8 Å². The first-order valence-electron chi connectivity index (χ1n) is 23.3. The minimum Gasteiger partial charge on any atom is -0.744 e. The topological polar surface area (TPSA) is 95.1 Å². The summed E-state index contributed by atoms with van der Waals surface area (Å²) >= 11 is 3.69. The van der Waals surface area contributed by atoms with Crippen molar-refractivity contribution >= 4 is 61.7 Å². The Morgan fingerprint density at radius 3 is 1.88 bits per heavy atom. The first-order valence-corrected chi connectivity index (χ1v) is 26.7. The smallest absolute Gasteiger partial charge is 0.209 e. The Hall–Kier alpha value is -5.66. The molecule has 0 saturated heterocycles. The van der Waals surface area contributed by atoms with Gasteiger partial charge in [-0.2, -0.15) is 4.58 Å². The minimum atomic E-state index is -4.83. The molecule has 0 fully saturated rings. The lowest BCUT2D eigenvalue weighted by molar-refractivity contribution is 0.133. The second kappa shape index (κ2) is 24.1. The van der Waals surface area contributed by atoms with Crippen LogP contribution in [0.3, 0.4) is 0 Å². The van der Waals surface area contributed by atoms with E-state index in [4.69, 9.17) is 13.9 Å². The van der Waals surface area contributed by atoms with Crippen molar-refractivity contribution in [1.29, 1.82) is 0 Å². The van der Waals surface area contributed by atoms with Crippen LogP contribution in [-0.2, 0) is 19.6 Å². The summed E-state index contributed by atoms with van der Waals surface area (Å²) < 4.78 is 60.1. The SMILES string of the molecule is Cc1ccccc1N(CCCOCCCSc1ccccc1)c1ccc2c(-c3ccccc3S(=O)(=O)[O-])c3ccc(=[N+](CCCOCCCSc4ccccc4)c4ccccc4C)cc-3oc2c1. The molecule has 0 amide bonds. The molecule has 0 bridgehead atoms. The fourth-order valence-electron chi connectivity index (χ4n) is 8.48. The van der Waals surface area contributed by atoms with Crippen molar-refractivity contribution in [2.45, 2.75) is 54.2 Å². The van der Waals surface area contributed by atoms with Gasteiger partial charge in [0.25, 0.3) is 0 Å². The Bertz CT molecular complexity index is 3050. The van der Waals surface area contributed by atoms with Gasteiger partial charge >= 0.3 is 0 Å². The monoisotopic (exact) mass is 962 g/mol. The number of rotatable bonds is 23. The first kappa shape index (κ1) is 48.8. The number of nitrogens with zero attached hydrogens (tertiary/aromatic N) is 2. The van der Waals surface area contributed by atoms with E-state index in [2.05, 4.69) is 96.1 Å². The van der Waals surface area contributed by atoms with Crippen LogP contribution >= 0.6 is 23.5 Å². The number of fused-ring (bicyclic) bond motifs is 2. The fourth-order valence-corrected chi connectivity index (χ4v) is 10.9. The molecule has 8 rings (SSSR count). The maximum atomic E-state index is 12.9. The van der Waals surface area contributed by atoms with Crippen molar-refractivity contribution < 1.29 is 26.9 Å². The van der Waals surface area contributed by atoms with Gasteiger partial charge in [-0.15, -0.1) is 23.5 Å². The van der Waals surface area contributed by atoms with E-state index in [0.29, 0.717) is 72.9 Å². The summed E-state index contributed by atoms with van der Waals surface area (Å²) in [6.45, 7) is 8.24. The molecule has 0 saturated carbocycles. The van der Waals surface area contributed by atoms with E-state index in [1.807, 2.05) is 96.3 Å². The number of para-hydroxylation sites is 2. The summed E-state index contributed by atoms with van der Waals surface area (Å²) in [5.41, 5.74) is 7.53. The lowest BCUT2D eigenvalue weighted by Gasteiger charge is -2.27. The number of hydrogen-bond acceptors (Lipinski definition) is 9. The Labute approximate surface area is 409 Å². The number of benzene rings is 7. The lowest BCUT2D eigenvalue weighted by atomic mass is 9.93. The number of aryl methyl sites for hydroxylation is 2. The highest BCUT2D eigenvalue weighted by Crippen LogP contribution is 2.43. The van der Waals surface area contributed by atoms with Crippen LogP contribution in [-0.4, -0.2) is 64.0 Å². The van der Waals surface area contributed by atoms with Gasteiger partial charge in [-0.05, 0) is 93.3 Å². The molecule has 1 heterocycles. The molecular weight excluding hydrogens is 905 g/mol. The highest BCUT2D eigenvalue weighted by atomic mass is 32.2. The molecule has 2 aliphatic rings. The van der Waals surface area contributed by atoms with Crippen molar-refractivity contribution in [1.82, 2.24) is 4.58 Å². The van der Waals surface area contributed by atoms with Gasteiger partial charge in [0.05, 0.1) is 17.6 Å². The Kier molecular flexibility index (Phi) is 17.3. The van der Waals surface area contributed by atoms with Gasteiger partial charge in [-0.1, -0.05) is 91.0 Å². The highest BCUT2D eigenvalue weighted by molar-refractivity contribution is 7.99. The quantitative estimate of drug-likeness (QED) is 0.0204. The van der Waals surface area contributed by atoms with Gasteiger partial charge in [0.15, 0.2) is 6.54 Å². The summed E-state index contributed by atoms with van der Waals surface area (Å²) in [4.78, 5) is 4.55. The first-order chi connectivity index (χ1) is 33.2. The van der Waals surface area contributed by atoms with E-state index in [1.165, 1.54) is 15.9 Å². The van der Waals surface area contributed by atoms with Gasteiger partial charge < -0.3 is 23.3 Å². The third kappa shape index (κ3) is 12.7. The summed E-state index contributed by atoms with van der Waals surface area (Å²) in [5, 5.41) is 1.61. The zero-order valence-corrected chi connectivity index (χ0v) is 41.2. The second-order valence-electron chi connectivity index (χ2n) is 16.6. The Morgan fingerprint density at radius 2 is 1.21 bits per heavy atom. The summed E-state index contributed by atoms with van der Waals surface area (Å²) in [5.74, 6) is 2.56. The molecule has 11 heteroatoms. The molecule has 1 aliphatic carbocycles. The van der Waals surface area contributed by atoms with Gasteiger partial charge in [0.2, 0.25) is 11.0 Å². The molecule has 0 aromatic heterocycles. The third-order valence-electron chi connectivity index (χ3n) is 11.8. The number of anilines is 2.